The fourth-order valence-corrected chi connectivity index (χ4v) is 3.25. The van der Waals surface area contributed by atoms with Crippen molar-refractivity contribution in [1.82, 2.24) is 25.1 Å². The lowest BCUT2D eigenvalue weighted by Gasteiger charge is -2.09. The molecular formula is C19H18FN7. The van der Waals surface area contributed by atoms with E-state index in [1.54, 1.807) is 0 Å². The fourth-order valence-electron chi connectivity index (χ4n) is 3.25. The molecule has 0 radical (unpaired) electrons. The van der Waals surface area contributed by atoms with Gasteiger partial charge >= 0.3 is 0 Å². The lowest BCUT2D eigenvalue weighted by Crippen LogP contribution is -2.09. The van der Waals surface area contributed by atoms with Crippen LogP contribution in [0.2, 0.25) is 0 Å². The van der Waals surface area contributed by atoms with E-state index < -0.39 is 5.82 Å². The molecule has 3 aromatic heterocycles. The molecule has 136 valence electrons. The molecule has 0 atom stereocenters. The summed E-state index contributed by atoms with van der Waals surface area (Å²) < 4.78 is 14.5. The van der Waals surface area contributed by atoms with Gasteiger partial charge in [-0.3, -0.25) is 5.10 Å². The molecule has 27 heavy (non-hydrogen) atoms. The number of aromatic amines is 2. The van der Waals surface area contributed by atoms with Crippen LogP contribution in [0.4, 0.5) is 16.2 Å². The van der Waals surface area contributed by atoms with Crippen LogP contribution in [-0.4, -0.2) is 25.1 Å². The maximum Gasteiger partial charge on any atom is 0.225 e. The van der Waals surface area contributed by atoms with E-state index in [0.29, 0.717) is 18.2 Å². The topological polar surface area (TPSA) is 108 Å². The standard InChI is InChI=1S/C19H18FN7/c20-16-17(15-8-14(26-27-15)10-4-5-10)24-19(25-18(16)21)23-9-11-2-1-3-13-12(11)6-7-22-13/h1-3,6-8,10,22H,4-5,9H2,(H,26,27)(H3,21,23,24,25). The zero-order chi connectivity index (χ0) is 18.4. The first-order valence-corrected chi connectivity index (χ1v) is 8.86. The molecule has 1 fully saturated rings. The van der Waals surface area contributed by atoms with Crippen molar-refractivity contribution in [3.63, 3.8) is 0 Å². The molecule has 4 aromatic rings. The normalized spacial score (nSPS) is 14.0. The largest absolute Gasteiger partial charge is 0.381 e. The third-order valence-corrected chi connectivity index (χ3v) is 4.86. The van der Waals surface area contributed by atoms with Crippen molar-refractivity contribution in [2.75, 3.05) is 11.1 Å². The molecule has 1 aromatic carbocycles. The highest BCUT2D eigenvalue weighted by Crippen LogP contribution is 2.40. The molecule has 3 heterocycles. The van der Waals surface area contributed by atoms with Gasteiger partial charge < -0.3 is 16.0 Å². The van der Waals surface area contributed by atoms with Gasteiger partial charge in [0.25, 0.3) is 0 Å². The number of benzene rings is 1. The van der Waals surface area contributed by atoms with Crippen molar-refractivity contribution in [3.8, 4) is 11.4 Å². The monoisotopic (exact) mass is 363 g/mol. The summed E-state index contributed by atoms with van der Waals surface area (Å²) in [6.07, 6.45) is 4.16. The minimum atomic E-state index is -0.651. The number of halogens is 1. The van der Waals surface area contributed by atoms with E-state index in [2.05, 4.69) is 30.5 Å². The summed E-state index contributed by atoms with van der Waals surface area (Å²) in [5, 5.41) is 11.4. The minimum absolute atomic E-state index is 0.105. The van der Waals surface area contributed by atoms with E-state index in [1.807, 2.05) is 36.5 Å². The average molecular weight is 363 g/mol. The molecule has 0 unspecified atom stereocenters. The molecule has 7 nitrogen and oxygen atoms in total. The van der Waals surface area contributed by atoms with Crippen LogP contribution in [0.1, 0.15) is 30.0 Å². The Hall–Kier alpha value is -3.42. The number of rotatable bonds is 5. The summed E-state index contributed by atoms with van der Waals surface area (Å²) >= 11 is 0. The maximum absolute atomic E-state index is 14.5. The zero-order valence-electron chi connectivity index (χ0n) is 14.5. The van der Waals surface area contributed by atoms with Crippen molar-refractivity contribution in [2.24, 2.45) is 0 Å². The van der Waals surface area contributed by atoms with E-state index >= 15 is 0 Å². The molecule has 1 aliphatic carbocycles. The summed E-state index contributed by atoms with van der Waals surface area (Å²) in [5.41, 5.74) is 9.46. The van der Waals surface area contributed by atoms with E-state index in [1.165, 1.54) is 0 Å². The Bertz CT molecular complexity index is 1130. The van der Waals surface area contributed by atoms with Crippen LogP contribution in [0.25, 0.3) is 22.3 Å². The zero-order valence-corrected chi connectivity index (χ0v) is 14.5. The third kappa shape index (κ3) is 2.88. The molecule has 0 bridgehead atoms. The number of hydrogen-bond acceptors (Lipinski definition) is 5. The second-order valence-electron chi connectivity index (χ2n) is 6.79. The van der Waals surface area contributed by atoms with Crippen LogP contribution in [0.3, 0.4) is 0 Å². The Kier molecular flexibility index (Phi) is 3.56. The van der Waals surface area contributed by atoms with Crippen LogP contribution < -0.4 is 11.1 Å². The highest BCUT2D eigenvalue weighted by atomic mass is 19.1. The number of nitrogens with one attached hydrogen (secondary N) is 3. The number of nitrogens with two attached hydrogens (primary N) is 1. The number of anilines is 2. The van der Waals surface area contributed by atoms with Gasteiger partial charge in [-0.1, -0.05) is 12.1 Å². The van der Waals surface area contributed by atoms with Crippen LogP contribution >= 0.6 is 0 Å². The number of nitrogens with zero attached hydrogens (tertiary/aromatic N) is 3. The summed E-state index contributed by atoms with van der Waals surface area (Å²) in [5.74, 6) is -0.0826. The number of aromatic nitrogens is 5. The van der Waals surface area contributed by atoms with Crippen molar-refractivity contribution in [3.05, 3.63) is 53.6 Å². The molecule has 0 aliphatic heterocycles. The minimum Gasteiger partial charge on any atom is -0.381 e. The van der Waals surface area contributed by atoms with E-state index in [9.17, 15) is 4.39 Å². The predicted octanol–water partition coefficient (Wildman–Crippen LogP) is 3.56. The lowest BCUT2D eigenvalue weighted by molar-refractivity contribution is 0.623. The van der Waals surface area contributed by atoms with Gasteiger partial charge in [-0.25, -0.2) is 9.37 Å². The number of hydrogen-bond donors (Lipinski definition) is 4. The summed E-state index contributed by atoms with van der Waals surface area (Å²) in [6.45, 7) is 0.494. The SMILES string of the molecule is Nc1nc(NCc2cccc3[nH]ccc23)nc(-c2cc(C3CC3)[nH]n2)c1F. The van der Waals surface area contributed by atoms with Gasteiger partial charge in [-0.2, -0.15) is 10.1 Å². The Labute approximate surface area is 154 Å². The molecule has 8 heteroatoms. The molecule has 1 saturated carbocycles. The molecule has 0 saturated heterocycles. The van der Waals surface area contributed by atoms with Crippen molar-refractivity contribution < 1.29 is 4.39 Å². The van der Waals surface area contributed by atoms with Gasteiger partial charge in [0.15, 0.2) is 11.6 Å². The third-order valence-electron chi connectivity index (χ3n) is 4.86. The van der Waals surface area contributed by atoms with Gasteiger partial charge in [-0.05, 0) is 36.6 Å². The second kappa shape index (κ2) is 6.08. The summed E-state index contributed by atoms with van der Waals surface area (Å²) in [7, 11) is 0. The maximum atomic E-state index is 14.5. The summed E-state index contributed by atoms with van der Waals surface area (Å²) in [4.78, 5) is 11.5. The lowest BCUT2D eigenvalue weighted by atomic mass is 10.1. The van der Waals surface area contributed by atoms with Gasteiger partial charge in [0.1, 0.15) is 11.4 Å². The van der Waals surface area contributed by atoms with Gasteiger partial charge in [0.2, 0.25) is 5.95 Å². The van der Waals surface area contributed by atoms with Crippen LogP contribution in [0.5, 0.6) is 0 Å². The second-order valence-corrected chi connectivity index (χ2v) is 6.79. The first kappa shape index (κ1) is 15.8. The highest BCUT2D eigenvalue weighted by molar-refractivity contribution is 5.83. The fraction of sp³-hybridized carbons (Fsp3) is 0.211. The van der Waals surface area contributed by atoms with Crippen molar-refractivity contribution in [2.45, 2.75) is 25.3 Å². The van der Waals surface area contributed by atoms with E-state index in [4.69, 9.17) is 5.73 Å². The highest BCUT2D eigenvalue weighted by Gasteiger charge is 2.26. The summed E-state index contributed by atoms with van der Waals surface area (Å²) in [6, 6.07) is 9.86. The average Bonchev–Trinajstić information content (AvgIpc) is 3.20. The quantitative estimate of drug-likeness (QED) is 0.434. The molecule has 5 rings (SSSR count). The molecule has 1 aliphatic rings. The number of nitrogen functional groups attached to an aromatic ring is 1. The number of fused-ring (bicyclic) bond motifs is 1. The van der Waals surface area contributed by atoms with E-state index in [-0.39, 0.29) is 17.5 Å². The first-order chi connectivity index (χ1) is 13.2. The first-order valence-electron chi connectivity index (χ1n) is 8.86. The van der Waals surface area contributed by atoms with Crippen LogP contribution in [0.15, 0.2) is 36.5 Å². The number of H-pyrrole nitrogens is 2. The van der Waals surface area contributed by atoms with Crippen LogP contribution in [-0.2, 0) is 6.54 Å². The van der Waals surface area contributed by atoms with Crippen molar-refractivity contribution >= 4 is 22.7 Å². The van der Waals surface area contributed by atoms with Crippen LogP contribution in [0, 0.1) is 5.82 Å². The molecule has 0 spiro atoms. The molecule has 5 N–H and O–H groups in total. The smallest absolute Gasteiger partial charge is 0.225 e. The molecule has 0 amide bonds. The van der Waals surface area contributed by atoms with Gasteiger partial charge in [-0.15, -0.1) is 0 Å². The van der Waals surface area contributed by atoms with Crippen molar-refractivity contribution in [1.29, 1.82) is 0 Å². The van der Waals surface area contributed by atoms with Gasteiger partial charge in [0, 0.05) is 35.3 Å². The Morgan fingerprint density at radius 3 is 2.96 bits per heavy atom. The van der Waals surface area contributed by atoms with Gasteiger partial charge in [0.05, 0.1) is 0 Å². The Morgan fingerprint density at radius 1 is 1.22 bits per heavy atom. The molecular weight excluding hydrogens is 345 g/mol. The Morgan fingerprint density at radius 2 is 2.11 bits per heavy atom. The Balaban J connectivity index is 1.44. The predicted molar refractivity (Wildman–Crippen MR) is 102 cm³/mol. The van der Waals surface area contributed by atoms with E-state index in [0.717, 1.165) is 35.0 Å².